The summed E-state index contributed by atoms with van der Waals surface area (Å²) >= 11 is 3.22. The summed E-state index contributed by atoms with van der Waals surface area (Å²) in [5.41, 5.74) is 1.48. The molecule has 2 rings (SSSR count). The second-order valence-corrected chi connectivity index (χ2v) is 5.45. The van der Waals surface area contributed by atoms with Crippen molar-refractivity contribution in [2.75, 3.05) is 7.11 Å². The van der Waals surface area contributed by atoms with Crippen LogP contribution in [0.25, 0.3) is 0 Å². The molecular weight excluding hydrogens is 350 g/mol. The molecule has 1 amide bonds. The van der Waals surface area contributed by atoms with Crippen LogP contribution in [0.1, 0.15) is 26.3 Å². The van der Waals surface area contributed by atoms with Crippen molar-refractivity contribution in [1.29, 1.82) is 0 Å². The molecule has 0 aliphatic rings. The lowest BCUT2D eigenvalue weighted by Gasteiger charge is -2.08. The molecule has 0 heterocycles. The molecule has 5 nitrogen and oxygen atoms in total. The van der Waals surface area contributed by atoms with Crippen LogP contribution in [-0.4, -0.2) is 24.1 Å². The van der Waals surface area contributed by atoms with Gasteiger partial charge in [-0.15, -0.1) is 0 Å². The van der Waals surface area contributed by atoms with Gasteiger partial charge in [-0.2, -0.15) is 0 Å². The fourth-order valence-corrected chi connectivity index (χ4v) is 2.20. The van der Waals surface area contributed by atoms with Crippen LogP contribution in [0.2, 0.25) is 0 Å². The van der Waals surface area contributed by atoms with E-state index in [1.807, 2.05) is 0 Å². The Morgan fingerprint density at radius 2 is 1.86 bits per heavy atom. The number of halogens is 1. The number of benzene rings is 2. The first-order valence-electron chi connectivity index (χ1n) is 6.45. The molecule has 2 aromatic rings. The first-order chi connectivity index (χ1) is 10.5. The normalized spacial score (nSPS) is 10.1. The molecule has 0 saturated heterocycles. The van der Waals surface area contributed by atoms with E-state index in [0.717, 1.165) is 5.56 Å². The standard InChI is InChI=1S/C16H14BrNO4/c1-22-16(21)11-4-2-10(3-5-11)9-18-15(20)13-7-6-12(17)8-14(13)19/h2-8,19H,9H2,1H3,(H,18,20). The number of hydrogen-bond donors (Lipinski definition) is 2. The Bertz CT molecular complexity index is 698. The maximum Gasteiger partial charge on any atom is 0.337 e. The number of ether oxygens (including phenoxy) is 1. The molecule has 0 bridgehead atoms. The van der Waals surface area contributed by atoms with Crippen LogP contribution < -0.4 is 5.32 Å². The van der Waals surface area contributed by atoms with Gasteiger partial charge < -0.3 is 15.2 Å². The molecule has 0 unspecified atom stereocenters. The maximum absolute atomic E-state index is 12.0. The summed E-state index contributed by atoms with van der Waals surface area (Å²) in [4.78, 5) is 23.3. The van der Waals surface area contributed by atoms with Gasteiger partial charge in [-0.25, -0.2) is 4.79 Å². The van der Waals surface area contributed by atoms with E-state index in [9.17, 15) is 14.7 Å². The Labute approximate surface area is 136 Å². The molecule has 0 aliphatic carbocycles. The van der Waals surface area contributed by atoms with Gasteiger partial charge in [0, 0.05) is 11.0 Å². The highest BCUT2D eigenvalue weighted by Crippen LogP contribution is 2.22. The maximum atomic E-state index is 12.0. The zero-order valence-electron chi connectivity index (χ0n) is 11.8. The van der Waals surface area contributed by atoms with E-state index in [1.165, 1.54) is 19.2 Å². The predicted molar refractivity (Wildman–Crippen MR) is 84.8 cm³/mol. The molecule has 0 spiro atoms. The Hall–Kier alpha value is -2.34. The lowest BCUT2D eigenvalue weighted by molar-refractivity contribution is 0.0600. The average molecular weight is 364 g/mol. The van der Waals surface area contributed by atoms with Gasteiger partial charge >= 0.3 is 5.97 Å². The summed E-state index contributed by atoms with van der Waals surface area (Å²) in [6.45, 7) is 0.287. The average Bonchev–Trinajstić information content (AvgIpc) is 2.52. The van der Waals surface area contributed by atoms with Gasteiger partial charge in [0.05, 0.1) is 18.2 Å². The Morgan fingerprint density at radius 3 is 2.45 bits per heavy atom. The molecule has 2 aromatic carbocycles. The highest BCUT2D eigenvalue weighted by Gasteiger charge is 2.11. The second-order valence-electron chi connectivity index (χ2n) is 4.53. The molecule has 0 aliphatic heterocycles. The molecule has 0 saturated carbocycles. The first kappa shape index (κ1) is 16.0. The molecule has 0 aromatic heterocycles. The summed E-state index contributed by atoms with van der Waals surface area (Å²) < 4.78 is 5.31. The van der Waals surface area contributed by atoms with Crippen molar-refractivity contribution in [3.05, 3.63) is 63.6 Å². The predicted octanol–water partition coefficient (Wildman–Crippen LogP) is 2.87. The number of hydrogen-bond acceptors (Lipinski definition) is 4. The van der Waals surface area contributed by atoms with E-state index in [0.29, 0.717) is 10.0 Å². The molecule has 0 fully saturated rings. The Morgan fingerprint density at radius 1 is 1.18 bits per heavy atom. The van der Waals surface area contributed by atoms with Crippen LogP contribution in [-0.2, 0) is 11.3 Å². The third-order valence-corrected chi connectivity index (χ3v) is 3.53. The van der Waals surface area contributed by atoms with Gasteiger partial charge in [-0.05, 0) is 35.9 Å². The monoisotopic (exact) mass is 363 g/mol. The SMILES string of the molecule is COC(=O)c1ccc(CNC(=O)c2ccc(Br)cc2O)cc1. The van der Waals surface area contributed by atoms with E-state index < -0.39 is 5.97 Å². The number of carbonyl (C=O) groups excluding carboxylic acids is 2. The Balaban J connectivity index is 2.00. The van der Waals surface area contributed by atoms with E-state index in [2.05, 4.69) is 26.0 Å². The summed E-state index contributed by atoms with van der Waals surface area (Å²) in [6, 6.07) is 11.4. The van der Waals surface area contributed by atoms with Gasteiger partial charge in [0.25, 0.3) is 5.91 Å². The van der Waals surface area contributed by atoms with Crippen molar-refractivity contribution >= 4 is 27.8 Å². The van der Waals surface area contributed by atoms with Crippen molar-refractivity contribution in [3.63, 3.8) is 0 Å². The quantitative estimate of drug-likeness (QED) is 0.819. The highest BCUT2D eigenvalue weighted by molar-refractivity contribution is 9.10. The number of phenols is 1. The zero-order chi connectivity index (χ0) is 16.1. The van der Waals surface area contributed by atoms with Gasteiger partial charge in [-0.3, -0.25) is 4.79 Å². The second kappa shape index (κ2) is 7.09. The van der Waals surface area contributed by atoms with Crippen molar-refractivity contribution < 1.29 is 19.4 Å². The third kappa shape index (κ3) is 3.85. The van der Waals surface area contributed by atoms with Crippen LogP contribution in [0, 0.1) is 0 Å². The number of amides is 1. The van der Waals surface area contributed by atoms with Crippen molar-refractivity contribution in [2.24, 2.45) is 0 Å². The number of phenolic OH excluding ortho intramolecular Hbond substituents is 1. The molecule has 0 atom stereocenters. The van der Waals surface area contributed by atoms with Gasteiger partial charge in [0.1, 0.15) is 5.75 Å². The number of esters is 1. The first-order valence-corrected chi connectivity index (χ1v) is 7.24. The van der Waals surface area contributed by atoms with Gasteiger partial charge in [0.2, 0.25) is 0 Å². The minimum atomic E-state index is -0.407. The fraction of sp³-hybridized carbons (Fsp3) is 0.125. The summed E-state index contributed by atoms with van der Waals surface area (Å²) in [5, 5.41) is 12.4. The van der Waals surface area contributed by atoms with Crippen LogP contribution in [0.3, 0.4) is 0 Å². The smallest absolute Gasteiger partial charge is 0.337 e. The lowest BCUT2D eigenvalue weighted by atomic mass is 10.1. The van der Waals surface area contributed by atoms with Crippen molar-refractivity contribution in [3.8, 4) is 5.75 Å². The number of rotatable bonds is 4. The largest absolute Gasteiger partial charge is 0.507 e. The lowest BCUT2D eigenvalue weighted by Crippen LogP contribution is -2.22. The van der Waals surface area contributed by atoms with Crippen molar-refractivity contribution in [2.45, 2.75) is 6.54 Å². The highest BCUT2D eigenvalue weighted by atomic mass is 79.9. The van der Waals surface area contributed by atoms with Crippen LogP contribution in [0.5, 0.6) is 5.75 Å². The molecule has 6 heteroatoms. The number of methoxy groups -OCH3 is 1. The zero-order valence-corrected chi connectivity index (χ0v) is 13.4. The minimum Gasteiger partial charge on any atom is -0.507 e. The third-order valence-electron chi connectivity index (χ3n) is 3.03. The van der Waals surface area contributed by atoms with E-state index in [4.69, 9.17) is 0 Å². The van der Waals surface area contributed by atoms with Crippen LogP contribution >= 0.6 is 15.9 Å². The molecule has 0 radical (unpaired) electrons. The summed E-state index contributed by atoms with van der Waals surface area (Å²) in [7, 11) is 1.32. The Kier molecular flexibility index (Phi) is 5.16. The van der Waals surface area contributed by atoms with E-state index >= 15 is 0 Å². The number of carbonyl (C=O) groups is 2. The number of aromatic hydroxyl groups is 1. The topological polar surface area (TPSA) is 75.6 Å². The van der Waals surface area contributed by atoms with Gasteiger partial charge in [-0.1, -0.05) is 28.1 Å². The number of nitrogens with one attached hydrogen (secondary N) is 1. The van der Waals surface area contributed by atoms with Crippen molar-refractivity contribution in [1.82, 2.24) is 5.32 Å². The molecule has 114 valence electrons. The van der Waals surface area contributed by atoms with E-state index in [-0.39, 0.29) is 23.8 Å². The van der Waals surface area contributed by atoms with Gasteiger partial charge in [0.15, 0.2) is 0 Å². The minimum absolute atomic E-state index is 0.0899. The summed E-state index contributed by atoms with van der Waals surface area (Å²) in [5.74, 6) is -0.870. The molecule has 22 heavy (non-hydrogen) atoms. The molecular formula is C16H14BrNO4. The van der Waals surface area contributed by atoms with Crippen LogP contribution in [0.4, 0.5) is 0 Å². The fourth-order valence-electron chi connectivity index (χ4n) is 1.85. The van der Waals surface area contributed by atoms with E-state index in [1.54, 1.807) is 30.3 Å². The summed E-state index contributed by atoms with van der Waals surface area (Å²) in [6.07, 6.45) is 0. The molecule has 2 N–H and O–H groups in total. The van der Waals surface area contributed by atoms with Crippen LogP contribution in [0.15, 0.2) is 46.9 Å².